The maximum atomic E-state index is 5.85. The molecule has 0 radical (unpaired) electrons. The number of hydrogen-bond acceptors (Lipinski definition) is 3. The number of ether oxygens (including phenoxy) is 3. The molecule has 2 heterocycles. The molecule has 0 saturated carbocycles. The average Bonchev–Trinajstić information content (AvgIpc) is 3.10. The SMILES string of the molecule is C=CC(CC1CO1)OC(C=C)CC1CO1. The Bertz CT molecular complexity index is 207. The van der Waals surface area contributed by atoms with Gasteiger partial charge in [0.05, 0.1) is 37.6 Å². The van der Waals surface area contributed by atoms with Crippen LogP contribution in [-0.2, 0) is 14.2 Å². The van der Waals surface area contributed by atoms with Gasteiger partial charge in [-0.05, 0) is 0 Å². The fourth-order valence-electron chi connectivity index (χ4n) is 1.57. The summed E-state index contributed by atoms with van der Waals surface area (Å²) in [6.07, 6.45) is 6.36. The highest BCUT2D eigenvalue weighted by Crippen LogP contribution is 2.23. The molecule has 15 heavy (non-hydrogen) atoms. The minimum atomic E-state index is 0.0687. The van der Waals surface area contributed by atoms with Gasteiger partial charge in [0.15, 0.2) is 0 Å². The maximum Gasteiger partial charge on any atom is 0.0837 e. The second-order valence-electron chi connectivity index (χ2n) is 4.07. The third kappa shape index (κ3) is 3.78. The molecule has 3 nitrogen and oxygen atoms in total. The molecule has 0 aromatic rings. The third-order valence-corrected chi connectivity index (χ3v) is 2.67. The van der Waals surface area contributed by atoms with Gasteiger partial charge in [-0.25, -0.2) is 0 Å². The van der Waals surface area contributed by atoms with Crippen molar-refractivity contribution in [2.24, 2.45) is 0 Å². The fourth-order valence-corrected chi connectivity index (χ4v) is 1.57. The van der Waals surface area contributed by atoms with Crippen LogP contribution >= 0.6 is 0 Å². The van der Waals surface area contributed by atoms with E-state index in [1.54, 1.807) is 0 Å². The highest BCUT2D eigenvalue weighted by molar-refractivity contribution is 4.91. The normalized spacial score (nSPS) is 31.7. The molecule has 2 aliphatic rings. The molecule has 2 aliphatic heterocycles. The molecule has 3 heteroatoms. The second-order valence-corrected chi connectivity index (χ2v) is 4.07. The Morgan fingerprint density at radius 3 is 1.73 bits per heavy atom. The van der Waals surface area contributed by atoms with E-state index in [1.807, 2.05) is 12.2 Å². The van der Waals surface area contributed by atoms with Crippen LogP contribution in [0, 0.1) is 0 Å². The Labute approximate surface area is 90.7 Å². The van der Waals surface area contributed by atoms with Crippen LogP contribution in [0.4, 0.5) is 0 Å². The molecular weight excluding hydrogens is 192 g/mol. The van der Waals surface area contributed by atoms with E-state index in [1.165, 1.54) is 0 Å². The van der Waals surface area contributed by atoms with Gasteiger partial charge in [0.2, 0.25) is 0 Å². The first-order valence-corrected chi connectivity index (χ1v) is 5.45. The van der Waals surface area contributed by atoms with Crippen molar-refractivity contribution in [3.05, 3.63) is 25.3 Å². The van der Waals surface area contributed by atoms with E-state index >= 15 is 0 Å². The summed E-state index contributed by atoms with van der Waals surface area (Å²) in [5.41, 5.74) is 0. The Hall–Kier alpha value is -0.640. The van der Waals surface area contributed by atoms with Crippen molar-refractivity contribution in [3.8, 4) is 0 Å². The zero-order chi connectivity index (χ0) is 10.7. The van der Waals surface area contributed by atoms with E-state index in [2.05, 4.69) is 13.2 Å². The molecule has 0 aliphatic carbocycles. The van der Waals surface area contributed by atoms with Crippen molar-refractivity contribution in [1.29, 1.82) is 0 Å². The first-order valence-electron chi connectivity index (χ1n) is 5.45. The van der Waals surface area contributed by atoms with Crippen molar-refractivity contribution in [2.45, 2.75) is 37.3 Å². The summed E-state index contributed by atoms with van der Waals surface area (Å²) < 4.78 is 16.2. The van der Waals surface area contributed by atoms with Crippen molar-refractivity contribution in [3.63, 3.8) is 0 Å². The van der Waals surface area contributed by atoms with Crippen LogP contribution in [0.5, 0.6) is 0 Å². The molecule has 0 aromatic carbocycles. The van der Waals surface area contributed by atoms with Gasteiger partial charge in [-0.15, -0.1) is 13.2 Å². The van der Waals surface area contributed by atoms with Gasteiger partial charge in [0.1, 0.15) is 0 Å². The van der Waals surface area contributed by atoms with Gasteiger partial charge >= 0.3 is 0 Å². The Morgan fingerprint density at radius 1 is 1.07 bits per heavy atom. The van der Waals surface area contributed by atoms with Crippen LogP contribution in [0.25, 0.3) is 0 Å². The molecule has 84 valence electrons. The molecular formula is C12H18O3. The van der Waals surface area contributed by atoms with E-state index in [9.17, 15) is 0 Å². The number of rotatable bonds is 8. The zero-order valence-corrected chi connectivity index (χ0v) is 8.93. The molecule has 2 saturated heterocycles. The summed E-state index contributed by atoms with van der Waals surface area (Å²) in [5.74, 6) is 0. The highest BCUT2D eigenvalue weighted by Gasteiger charge is 2.29. The molecule has 0 bridgehead atoms. The first-order chi connectivity index (χ1) is 7.31. The summed E-state index contributed by atoms with van der Waals surface area (Å²) in [4.78, 5) is 0. The number of hydrogen-bond donors (Lipinski definition) is 0. The van der Waals surface area contributed by atoms with Crippen LogP contribution in [0.1, 0.15) is 12.8 Å². The topological polar surface area (TPSA) is 34.3 Å². The van der Waals surface area contributed by atoms with Gasteiger partial charge in [0.25, 0.3) is 0 Å². The second kappa shape index (κ2) is 4.92. The molecule has 4 atom stereocenters. The van der Waals surface area contributed by atoms with Crippen LogP contribution in [0.2, 0.25) is 0 Å². The lowest BCUT2D eigenvalue weighted by Crippen LogP contribution is -2.21. The van der Waals surface area contributed by atoms with Gasteiger partial charge in [-0.1, -0.05) is 12.2 Å². The Kier molecular flexibility index (Phi) is 3.57. The van der Waals surface area contributed by atoms with Gasteiger partial charge in [0, 0.05) is 12.8 Å². The lowest BCUT2D eigenvalue weighted by molar-refractivity contribution is 0.0251. The first kappa shape index (κ1) is 10.9. The fraction of sp³-hybridized carbons (Fsp3) is 0.667. The van der Waals surface area contributed by atoms with Crippen LogP contribution in [-0.4, -0.2) is 37.6 Å². The minimum absolute atomic E-state index is 0.0687. The predicted octanol–water partition coefficient (Wildman–Crippen LogP) is 1.69. The summed E-state index contributed by atoms with van der Waals surface area (Å²) in [7, 11) is 0. The molecule has 0 amide bonds. The van der Waals surface area contributed by atoms with Crippen LogP contribution in [0.15, 0.2) is 25.3 Å². The Morgan fingerprint density at radius 2 is 1.47 bits per heavy atom. The average molecular weight is 210 g/mol. The van der Waals surface area contributed by atoms with E-state index in [0.717, 1.165) is 26.1 Å². The molecule has 0 N–H and O–H groups in total. The summed E-state index contributed by atoms with van der Waals surface area (Å²) >= 11 is 0. The largest absolute Gasteiger partial charge is 0.373 e. The molecule has 0 aromatic heterocycles. The third-order valence-electron chi connectivity index (χ3n) is 2.67. The van der Waals surface area contributed by atoms with Gasteiger partial charge in [-0.3, -0.25) is 0 Å². The molecule has 2 rings (SSSR count). The van der Waals surface area contributed by atoms with E-state index in [0.29, 0.717) is 12.2 Å². The smallest absolute Gasteiger partial charge is 0.0837 e. The van der Waals surface area contributed by atoms with Gasteiger partial charge < -0.3 is 14.2 Å². The quantitative estimate of drug-likeness (QED) is 0.451. The monoisotopic (exact) mass is 210 g/mol. The van der Waals surface area contributed by atoms with E-state index < -0.39 is 0 Å². The van der Waals surface area contributed by atoms with Crippen LogP contribution in [0.3, 0.4) is 0 Å². The lowest BCUT2D eigenvalue weighted by Gasteiger charge is -2.19. The standard InChI is InChI=1S/C12H18O3/c1-3-9(5-11-7-13-11)15-10(4-2)6-12-8-14-12/h3-4,9-12H,1-2,5-8H2. The lowest BCUT2D eigenvalue weighted by atomic mass is 10.1. The summed E-state index contributed by atoms with van der Waals surface area (Å²) in [6.45, 7) is 9.27. The van der Waals surface area contributed by atoms with Crippen LogP contribution < -0.4 is 0 Å². The molecule has 4 unspecified atom stereocenters. The number of epoxide rings is 2. The van der Waals surface area contributed by atoms with E-state index in [-0.39, 0.29) is 12.2 Å². The summed E-state index contributed by atoms with van der Waals surface area (Å²) in [6, 6.07) is 0. The van der Waals surface area contributed by atoms with E-state index in [4.69, 9.17) is 14.2 Å². The predicted molar refractivity (Wildman–Crippen MR) is 57.8 cm³/mol. The van der Waals surface area contributed by atoms with Crippen molar-refractivity contribution in [1.82, 2.24) is 0 Å². The Balaban J connectivity index is 1.73. The van der Waals surface area contributed by atoms with Gasteiger partial charge in [-0.2, -0.15) is 0 Å². The minimum Gasteiger partial charge on any atom is -0.373 e. The van der Waals surface area contributed by atoms with Crippen molar-refractivity contribution < 1.29 is 14.2 Å². The molecule has 2 fully saturated rings. The molecule has 0 spiro atoms. The zero-order valence-electron chi connectivity index (χ0n) is 8.93. The van der Waals surface area contributed by atoms with Crippen molar-refractivity contribution >= 4 is 0 Å². The highest BCUT2D eigenvalue weighted by atomic mass is 16.6. The van der Waals surface area contributed by atoms with Crippen molar-refractivity contribution in [2.75, 3.05) is 13.2 Å². The summed E-state index contributed by atoms with van der Waals surface area (Å²) in [5, 5.41) is 0. The maximum absolute atomic E-state index is 5.85.